The Hall–Kier alpha value is -3.28. The van der Waals surface area contributed by atoms with Crippen LogP contribution in [0.3, 0.4) is 0 Å². The molecule has 0 aliphatic carbocycles. The van der Waals surface area contributed by atoms with Gasteiger partial charge in [0.05, 0.1) is 16.3 Å². The van der Waals surface area contributed by atoms with Crippen molar-refractivity contribution in [3.05, 3.63) is 82.8 Å². The van der Waals surface area contributed by atoms with Gasteiger partial charge in [0.15, 0.2) is 0 Å². The summed E-state index contributed by atoms with van der Waals surface area (Å²) in [6.07, 6.45) is 1.66. The number of hydrogen-bond donors (Lipinski definition) is 1. The maximum atomic E-state index is 13.6. The predicted octanol–water partition coefficient (Wildman–Crippen LogP) is 4.54. The molecule has 0 unspecified atom stereocenters. The van der Waals surface area contributed by atoms with E-state index in [1.54, 1.807) is 30.5 Å². The smallest absolute Gasteiger partial charge is 0.269 e. The summed E-state index contributed by atoms with van der Waals surface area (Å²) >= 11 is 0. The lowest BCUT2D eigenvalue weighted by Gasteiger charge is -2.12. The Morgan fingerprint density at radius 2 is 1.83 bits per heavy atom. The first-order valence-electron chi connectivity index (χ1n) is 6.86. The molecule has 0 spiro atoms. The van der Waals surface area contributed by atoms with Gasteiger partial charge in [0, 0.05) is 29.6 Å². The van der Waals surface area contributed by atoms with E-state index < -0.39 is 4.92 Å². The highest BCUT2D eigenvalue weighted by Crippen LogP contribution is 2.30. The molecule has 3 rings (SSSR count). The molecule has 0 bridgehead atoms. The summed E-state index contributed by atoms with van der Waals surface area (Å²) in [5.41, 5.74) is 2.61. The van der Waals surface area contributed by atoms with E-state index in [0.29, 0.717) is 17.1 Å². The van der Waals surface area contributed by atoms with Crippen molar-refractivity contribution in [1.29, 1.82) is 0 Å². The number of aromatic nitrogens is 1. The van der Waals surface area contributed by atoms with Gasteiger partial charge in [0.25, 0.3) is 5.69 Å². The number of nitrogens with zero attached hydrogens (tertiary/aromatic N) is 2. The van der Waals surface area contributed by atoms with E-state index in [4.69, 9.17) is 0 Å². The number of hydrogen-bond acceptors (Lipinski definition) is 4. The van der Waals surface area contributed by atoms with E-state index in [2.05, 4.69) is 10.3 Å². The number of non-ortho nitro benzene ring substituents is 1. The molecule has 114 valence electrons. The number of pyridine rings is 1. The van der Waals surface area contributed by atoms with Gasteiger partial charge < -0.3 is 5.32 Å². The van der Waals surface area contributed by atoms with Crippen LogP contribution < -0.4 is 5.32 Å². The molecule has 1 aromatic heterocycles. The van der Waals surface area contributed by atoms with Crippen LogP contribution in [0.2, 0.25) is 0 Å². The molecular weight excluding hydrogens is 297 g/mol. The van der Waals surface area contributed by atoms with Crippen molar-refractivity contribution in [2.45, 2.75) is 0 Å². The Balaban J connectivity index is 1.96. The Kier molecular flexibility index (Phi) is 3.97. The lowest BCUT2D eigenvalue weighted by atomic mass is 10.1. The fraction of sp³-hybridized carbons (Fsp3) is 0. The molecule has 0 amide bonds. The molecule has 0 fully saturated rings. The molecule has 23 heavy (non-hydrogen) atoms. The van der Waals surface area contributed by atoms with Gasteiger partial charge in [-0.1, -0.05) is 6.07 Å². The van der Waals surface area contributed by atoms with Crippen molar-refractivity contribution < 1.29 is 9.31 Å². The maximum absolute atomic E-state index is 13.6. The predicted molar refractivity (Wildman–Crippen MR) is 86.0 cm³/mol. The van der Waals surface area contributed by atoms with Crippen LogP contribution in [-0.4, -0.2) is 9.91 Å². The summed E-state index contributed by atoms with van der Waals surface area (Å²) in [5.74, 6) is -0.380. The lowest BCUT2D eigenvalue weighted by molar-refractivity contribution is -0.384. The Bertz CT molecular complexity index is 836. The van der Waals surface area contributed by atoms with Gasteiger partial charge in [-0.2, -0.15) is 0 Å². The third-order valence-corrected chi connectivity index (χ3v) is 3.28. The quantitative estimate of drug-likeness (QED) is 0.567. The van der Waals surface area contributed by atoms with Crippen LogP contribution in [0, 0.1) is 15.9 Å². The molecule has 0 saturated heterocycles. The summed E-state index contributed by atoms with van der Waals surface area (Å²) in [5, 5.41) is 13.8. The number of rotatable bonds is 4. The van der Waals surface area contributed by atoms with E-state index in [1.807, 2.05) is 12.1 Å². The number of nitrogens with one attached hydrogen (secondary N) is 1. The maximum Gasteiger partial charge on any atom is 0.269 e. The Morgan fingerprint density at radius 1 is 1.04 bits per heavy atom. The van der Waals surface area contributed by atoms with Gasteiger partial charge in [-0.15, -0.1) is 0 Å². The van der Waals surface area contributed by atoms with Crippen LogP contribution in [-0.2, 0) is 0 Å². The Labute approximate surface area is 131 Å². The normalized spacial score (nSPS) is 10.3. The molecule has 0 aliphatic heterocycles. The minimum absolute atomic E-state index is 0.000239. The van der Waals surface area contributed by atoms with Crippen molar-refractivity contribution in [3.8, 4) is 11.3 Å². The number of halogens is 1. The first kappa shape index (κ1) is 14.6. The highest BCUT2D eigenvalue weighted by molar-refractivity contribution is 5.79. The average molecular weight is 309 g/mol. The second-order valence-corrected chi connectivity index (χ2v) is 4.83. The summed E-state index contributed by atoms with van der Waals surface area (Å²) in [4.78, 5) is 14.5. The summed E-state index contributed by atoms with van der Waals surface area (Å²) in [6, 6.07) is 15.8. The highest BCUT2D eigenvalue weighted by Gasteiger charge is 2.09. The van der Waals surface area contributed by atoms with Crippen molar-refractivity contribution >= 4 is 17.1 Å². The zero-order valence-electron chi connectivity index (χ0n) is 11.9. The monoisotopic (exact) mass is 309 g/mol. The average Bonchev–Trinajstić information content (AvgIpc) is 2.56. The van der Waals surface area contributed by atoms with Crippen LogP contribution in [0.1, 0.15) is 0 Å². The van der Waals surface area contributed by atoms with E-state index in [0.717, 1.165) is 5.56 Å². The topological polar surface area (TPSA) is 68.1 Å². The summed E-state index contributed by atoms with van der Waals surface area (Å²) < 4.78 is 13.6. The zero-order valence-corrected chi connectivity index (χ0v) is 11.9. The Morgan fingerprint density at radius 3 is 2.48 bits per heavy atom. The van der Waals surface area contributed by atoms with Gasteiger partial charge in [0.1, 0.15) is 5.82 Å². The number of nitro benzene ring substituents is 1. The summed E-state index contributed by atoms with van der Waals surface area (Å²) in [7, 11) is 0. The second-order valence-electron chi connectivity index (χ2n) is 4.83. The van der Waals surface area contributed by atoms with Crippen molar-refractivity contribution in [1.82, 2.24) is 4.98 Å². The molecule has 1 heterocycles. The van der Waals surface area contributed by atoms with Crippen LogP contribution >= 0.6 is 0 Å². The molecule has 3 aromatic rings. The minimum Gasteiger partial charge on any atom is -0.355 e. The standard InChI is InChI=1S/C17H12FN3O2/c18-12-4-9-15(16-3-1-2-10-19-16)17(11-12)20-13-5-7-14(8-6-13)21(22)23/h1-11,20H. The van der Waals surface area contributed by atoms with Gasteiger partial charge >= 0.3 is 0 Å². The fourth-order valence-electron chi connectivity index (χ4n) is 2.19. The minimum atomic E-state index is -0.467. The van der Waals surface area contributed by atoms with Gasteiger partial charge in [0.2, 0.25) is 0 Å². The van der Waals surface area contributed by atoms with Crippen LogP contribution in [0.15, 0.2) is 66.9 Å². The number of nitro groups is 1. The molecule has 2 aromatic carbocycles. The van der Waals surface area contributed by atoms with Crippen molar-refractivity contribution in [2.24, 2.45) is 0 Å². The third kappa shape index (κ3) is 3.32. The molecule has 1 N–H and O–H groups in total. The molecule has 6 heteroatoms. The largest absolute Gasteiger partial charge is 0.355 e. The van der Waals surface area contributed by atoms with Gasteiger partial charge in [-0.25, -0.2) is 4.39 Å². The molecule has 5 nitrogen and oxygen atoms in total. The second kappa shape index (κ2) is 6.23. The van der Waals surface area contributed by atoms with E-state index in [1.165, 1.54) is 24.3 Å². The van der Waals surface area contributed by atoms with Crippen LogP contribution in [0.25, 0.3) is 11.3 Å². The first-order chi connectivity index (χ1) is 11.1. The molecule has 0 saturated carbocycles. The molecule has 0 radical (unpaired) electrons. The van der Waals surface area contributed by atoms with Gasteiger partial charge in [-0.05, 0) is 42.5 Å². The van der Waals surface area contributed by atoms with E-state index >= 15 is 0 Å². The van der Waals surface area contributed by atoms with Crippen molar-refractivity contribution in [2.75, 3.05) is 5.32 Å². The van der Waals surface area contributed by atoms with Crippen LogP contribution in [0.4, 0.5) is 21.5 Å². The van der Waals surface area contributed by atoms with Crippen LogP contribution in [0.5, 0.6) is 0 Å². The SMILES string of the molecule is O=[N+]([O-])c1ccc(Nc2cc(F)ccc2-c2ccccn2)cc1. The number of anilines is 2. The summed E-state index contributed by atoms with van der Waals surface area (Å²) in [6.45, 7) is 0. The number of benzene rings is 2. The van der Waals surface area contributed by atoms with E-state index in [-0.39, 0.29) is 11.5 Å². The van der Waals surface area contributed by atoms with Gasteiger partial charge in [-0.3, -0.25) is 15.1 Å². The third-order valence-electron chi connectivity index (χ3n) is 3.28. The zero-order chi connectivity index (χ0) is 16.2. The van der Waals surface area contributed by atoms with E-state index in [9.17, 15) is 14.5 Å². The molecule has 0 atom stereocenters. The first-order valence-corrected chi connectivity index (χ1v) is 6.86. The fourth-order valence-corrected chi connectivity index (χ4v) is 2.19. The van der Waals surface area contributed by atoms with Crippen molar-refractivity contribution in [3.63, 3.8) is 0 Å². The molecular formula is C17H12FN3O2. The highest BCUT2D eigenvalue weighted by atomic mass is 19.1. The lowest BCUT2D eigenvalue weighted by Crippen LogP contribution is -1.96. The molecule has 0 aliphatic rings.